The molecule has 7 nitrogen and oxygen atoms in total. The third-order valence-electron chi connectivity index (χ3n) is 5.00. The fourth-order valence-corrected chi connectivity index (χ4v) is 3.46. The fraction of sp³-hybridized carbons (Fsp3) is 0.261. The zero-order chi connectivity index (χ0) is 20.8. The SMILES string of the molecule is COc1ccccc1CCNC(=O)CCc1nnc(Cc2c[nH]c3ccccc23)o1. The maximum absolute atomic E-state index is 12.1. The van der Waals surface area contributed by atoms with Crippen molar-refractivity contribution in [2.75, 3.05) is 13.7 Å². The Morgan fingerprint density at radius 1 is 1.03 bits per heavy atom. The van der Waals surface area contributed by atoms with Gasteiger partial charge in [0.1, 0.15) is 5.75 Å². The lowest BCUT2D eigenvalue weighted by Gasteiger charge is -2.08. The van der Waals surface area contributed by atoms with Gasteiger partial charge in [0.15, 0.2) is 0 Å². The van der Waals surface area contributed by atoms with Crippen LogP contribution < -0.4 is 10.1 Å². The molecule has 0 bridgehead atoms. The minimum absolute atomic E-state index is 0.0405. The van der Waals surface area contributed by atoms with Crippen molar-refractivity contribution in [2.24, 2.45) is 0 Å². The number of hydrogen-bond acceptors (Lipinski definition) is 5. The van der Waals surface area contributed by atoms with Gasteiger partial charge in [-0.3, -0.25) is 4.79 Å². The number of aromatic amines is 1. The minimum atomic E-state index is -0.0405. The molecule has 4 rings (SSSR count). The number of ether oxygens (including phenoxy) is 1. The standard InChI is InChI=1S/C23H24N4O3/c1-29-20-9-5-2-6-16(20)12-13-24-21(28)10-11-22-26-27-23(30-22)14-17-15-25-19-8-4-3-7-18(17)19/h2-9,15,25H,10-14H2,1H3,(H,24,28). The van der Waals surface area contributed by atoms with Crippen LogP contribution in [0.5, 0.6) is 5.75 Å². The number of H-pyrrole nitrogens is 1. The lowest BCUT2D eigenvalue weighted by atomic mass is 10.1. The molecule has 0 aliphatic carbocycles. The molecule has 154 valence electrons. The Kier molecular flexibility index (Phi) is 6.08. The molecule has 0 aliphatic heterocycles. The number of hydrogen-bond donors (Lipinski definition) is 2. The highest BCUT2D eigenvalue weighted by Crippen LogP contribution is 2.20. The van der Waals surface area contributed by atoms with Gasteiger partial charge in [-0.2, -0.15) is 0 Å². The minimum Gasteiger partial charge on any atom is -0.496 e. The number of nitrogens with zero attached hydrogens (tertiary/aromatic N) is 2. The van der Waals surface area contributed by atoms with Gasteiger partial charge in [-0.1, -0.05) is 36.4 Å². The van der Waals surface area contributed by atoms with E-state index in [-0.39, 0.29) is 5.91 Å². The van der Waals surface area contributed by atoms with Crippen LogP contribution >= 0.6 is 0 Å². The molecule has 30 heavy (non-hydrogen) atoms. The molecule has 4 aromatic rings. The monoisotopic (exact) mass is 404 g/mol. The van der Waals surface area contributed by atoms with Crippen molar-refractivity contribution in [1.29, 1.82) is 0 Å². The molecular formula is C23H24N4O3. The summed E-state index contributed by atoms with van der Waals surface area (Å²) in [5.74, 6) is 1.82. The smallest absolute Gasteiger partial charge is 0.221 e. The fourth-order valence-electron chi connectivity index (χ4n) is 3.46. The predicted molar refractivity (Wildman–Crippen MR) is 113 cm³/mol. The van der Waals surface area contributed by atoms with E-state index in [1.165, 1.54) is 0 Å². The van der Waals surface area contributed by atoms with E-state index in [0.717, 1.165) is 27.8 Å². The number of carbonyl (C=O) groups is 1. The topological polar surface area (TPSA) is 93.0 Å². The van der Waals surface area contributed by atoms with Gasteiger partial charge in [-0.05, 0) is 29.7 Å². The number of aryl methyl sites for hydroxylation is 1. The molecule has 1 amide bonds. The molecule has 0 radical (unpaired) electrons. The van der Waals surface area contributed by atoms with E-state index in [2.05, 4.69) is 26.6 Å². The van der Waals surface area contributed by atoms with Crippen molar-refractivity contribution in [1.82, 2.24) is 20.5 Å². The number of methoxy groups -OCH3 is 1. The zero-order valence-electron chi connectivity index (χ0n) is 16.9. The van der Waals surface area contributed by atoms with E-state index in [4.69, 9.17) is 9.15 Å². The van der Waals surface area contributed by atoms with Crippen LogP contribution in [-0.2, 0) is 24.1 Å². The van der Waals surface area contributed by atoms with E-state index in [1.807, 2.05) is 48.7 Å². The molecule has 2 N–H and O–H groups in total. The Hall–Kier alpha value is -3.61. The Morgan fingerprint density at radius 2 is 1.83 bits per heavy atom. The number of amides is 1. The molecule has 0 saturated carbocycles. The number of carbonyl (C=O) groups excluding carboxylic acids is 1. The van der Waals surface area contributed by atoms with Crippen LogP contribution in [0, 0.1) is 0 Å². The Bertz CT molecular complexity index is 1130. The summed E-state index contributed by atoms with van der Waals surface area (Å²) in [7, 11) is 1.65. The first-order valence-corrected chi connectivity index (χ1v) is 9.98. The summed E-state index contributed by atoms with van der Waals surface area (Å²) in [6.07, 6.45) is 3.96. The number of rotatable bonds is 9. The van der Waals surface area contributed by atoms with Crippen LogP contribution in [0.15, 0.2) is 59.1 Å². The Morgan fingerprint density at radius 3 is 2.73 bits per heavy atom. The van der Waals surface area contributed by atoms with Crippen molar-refractivity contribution >= 4 is 16.8 Å². The first kappa shape index (κ1) is 19.7. The molecule has 0 saturated heterocycles. The highest BCUT2D eigenvalue weighted by atomic mass is 16.5. The average molecular weight is 404 g/mol. The van der Waals surface area contributed by atoms with Gasteiger partial charge >= 0.3 is 0 Å². The van der Waals surface area contributed by atoms with Gasteiger partial charge in [-0.15, -0.1) is 10.2 Å². The van der Waals surface area contributed by atoms with Gasteiger partial charge < -0.3 is 19.5 Å². The molecule has 0 atom stereocenters. The second-order valence-electron chi connectivity index (χ2n) is 7.04. The van der Waals surface area contributed by atoms with Crippen LogP contribution in [0.25, 0.3) is 10.9 Å². The third kappa shape index (κ3) is 4.68. The first-order chi connectivity index (χ1) is 14.7. The quantitative estimate of drug-likeness (QED) is 0.446. The van der Waals surface area contributed by atoms with Crippen molar-refractivity contribution in [3.63, 3.8) is 0 Å². The van der Waals surface area contributed by atoms with Gasteiger partial charge in [-0.25, -0.2) is 0 Å². The second kappa shape index (κ2) is 9.26. The molecule has 0 spiro atoms. The van der Waals surface area contributed by atoms with Crippen molar-refractivity contribution in [3.8, 4) is 5.75 Å². The van der Waals surface area contributed by atoms with Crippen LogP contribution in [-0.4, -0.2) is 34.7 Å². The maximum Gasteiger partial charge on any atom is 0.221 e. The number of aromatic nitrogens is 3. The van der Waals surface area contributed by atoms with Gasteiger partial charge in [0.25, 0.3) is 0 Å². The number of fused-ring (bicyclic) bond motifs is 1. The highest BCUT2D eigenvalue weighted by Gasteiger charge is 2.12. The molecule has 7 heteroatoms. The largest absolute Gasteiger partial charge is 0.496 e. The summed E-state index contributed by atoms with van der Waals surface area (Å²) in [6, 6.07) is 15.9. The normalized spacial score (nSPS) is 11.0. The Labute approximate surface area is 174 Å². The molecule has 0 fully saturated rings. The predicted octanol–water partition coefficient (Wildman–Crippen LogP) is 3.44. The lowest BCUT2D eigenvalue weighted by molar-refractivity contribution is -0.121. The maximum atomic E-state index is 12.1. The summed E-state index contributed by atoms with van der Waals surface area (Å²) in [6.45, 7) is 0.550. The van der Waals surface area contributed by atoms with Crippen molar-refractivity contribution in [3.05, 3.63) is 77.6 Å². The molecule has 0 aliphatic rings. The number of nitrogens with one attached hydrogen (secondary N) is 2. The summed E-state index contributed by atoms with van der Waals surface area (Å²) in [5, 5.41) is 12.3. The van der Waals surface area contributed by atoms with E-state index >= 15 is 0 Å². The zero-order valence-corrected chi connectivity index (χ0v) is 16.9. The van der Waals surface area contributed by atoms with Gasteiger partial charge in [0.05, 0.1) is 13.5 Å². The van der Waals surface area contributed by atoms with Crippen LogP contribution in [0.2, 0.25) is 0 Å². The van der Waals surface area contributed by atoms with E-state index in [0.29, 0.717) is 44.0 Å². The van der Waals surface area contributed by atoms with E-state index < -0.39 is 0 Å². The van der Waals surface area contributed by atoms with E-state index in [1.54, 1.807) is 7.11 Å². The number of benzene rings is 2. The summed E-state index contributed by atoms with van der Waals surface area (Å²) in [4.78, 5) is 15.4. The molecule has 2 aromatic heterocycles. The van der Waals surface area contributed by atoms with Crippen molar-refractivity contribution in [2.45, 2.75) is 25.7 Å². The third-order valence-corrected chi connectivity index (χ3v) is 5.00. The molecular weight excluding hydrogens is 380 g/mol. The average Bonchev–Trinajstić information content (AvgIpc) is 3.40. The van der Waals surface area contributed by atoms with Crippen LogP contribution in [0.3, 0.4) is 0 Å². The summed E-state index contributed by atoms with van der Waals surface area (Å²) >= 11 is 0. The highest BCUT2D eigenvalue weighted by molar-refractivity contribution is 5.83. The summed E-state index contributed by atoms with van der Waals surface area (Å²) < 4.78 is 11.1. The summed E-state index contributed by atoms with van der Waals surface area (Å²) in [5.41, 5.74) is 3.26. The Balaban J connectivity index is 1.24. The second-order valence-corrected chi connectivity index (χ2v) is 7.04. The first-order valence-electron chi connectivity index (χ1n) is 9.98. The molecule has 2 aromatic carbocycles. The van der Waals surface area contributed by atoms with Crippen LogP contribution in [0.1, 0.15) is 29.3 Å². The molecule has 0 unspecified atom stereocenters. The van der Waals surface area contributed by atoms with Crippen LogP contribution in [0.4, 0.5) is 0 Å². The van der Waals surface area contributed by atoms with Gasteiger partial charge in [0.2, 0.25) is 17.7 Å². The molecule has 2 heterocycles. The van der Waals surface area contributed by atoms with Gasteiger partial charge in [0, 0.05) is 36.5 Å². The van der Waals surface area contributed by atoms with E-state index in [9.17, 15) is 4.79 Å². The van der Waals surface area contributed by atoms with Crippen molar-refractivity contribution < 1.29 is 13.9 Å². The lowest BCUT2D eigenvalue weighted by Crippen LogP contribution is -2.26. The number of para-hydroxylation sites is 2.